The molecular weight excluding hydrogens is 358 g/mol. The lowest BCUT2D eigenvalue weighted by Gasteiger charge is -2.08. The maximum Gasteiger partial charge on any atom is 0.251 e. The van der Waals surface area contributed by atoms with Crippen LogP contribution in [0, 0.1) is 0 Å². The van der Waals surface area contributed by atoms with E-state index in [9.17, 15) is 9.59 Å². The van der Waals surface area contributed by atoms with Gasteiger partial charge in [0, 0.05) is 28.0 Å². The lowest BCUT2D eigenvalue weighted by Crippen LogP contribution is -2.23. The van der Waals surface area contributed by atoms with Crippen molar-refractivity contribution < 1.29 is 9.59 Å². The lowest BCUT2D eigenvalue weighted by atomic mass is 10.2. The minimum Gasteiger partial charge on any atom is -0.376 e. The van der Waals surface area contributed by atoms with Crippen LogP contribution >= 0.6 is 15.9 Å². The Kier molecular flexibility index (Phi) is 6.17. The van der Waals surface area contributed by atoms with Crippen LogP contribution in [0.2, 0.25) is 0 Å². The smallest absolute Gasteiger partial charge is 0.251 e. The fourth-order valence-electron chi connectivity index (χ4n) is 1.92. The Morgan fingerprint density at radius 2 is 1.57 bits per heavy atom. The summed E-state index contributed by atoms with van der Waals surface area (Å²) < 4.78 is 0.986. The van der Waals surface area contributed by atoms with Crippen LogP contribution in [0.3, 0.4) is 0 Å². The van der Waals surface area contributed by atoms with Gasteiger partial charge < -0.3 is 16.0 Å². The third-order valence-electron chi connectivity index (χ3n) is 3.07. The lowest BCUT2D eigenvalue weighted by molar-refractivity contribution is -0.114. The summed E-state index contributed by atoms with van der Waals surface area (Å²) in [6.45, 7) is 2.61. The van der Waals surface area contributed by atoms with E-state index in [1.54, 1.807) is 24.3 Å². The number of hydrogen-bond donors (Lipinski definition) is 3. The van der Waals surface area contributed by atoms with Gasteiger partial charge in [-0.2, -0.15) is 0 Å². The van der Waals surface area contributed by atoms with Crippen molar-refractivity contribution in [3.05, 3.63) is 58.6 Å². The summed E-state index contributed by atoms with van der Waals surface area (Å²) in [5.41, 5.74) is 2.09. The standard InChI is InChI=1S/C17H18BrN3O2/c1-2-19-17(23)12-3-7-15(8-4-12)21-16(22)11-20-14-9-5-13(18)6-10-14/h3-10,20H,2,11H2,1H3,(H,19,23)(H,21,22). The van der Waals surface area contributed by atoms with Crippen molar-refractivity contribution in [2.45, 2.75) is 6.92 Å². The van der Waals surface area contributed by atoms with Gasteiger partial charge in [-0.1, -0.05) is 15.9 Å². The molecule has 0 unspecified atom stereocenters. The number of nitrogens with one attached hydrogen (secondary N) is 3. The highest BCUT2D eigenvalue weighted by molar-refractivity contribution is 9.10. The number of halogens is 1. The van der Waals surface area contributed by atoms with Crippen molar-refractivity contribution in [2.75, 3.05) is 23.7 Å². The highest BCUT2D eigenvalue weighted by atomic mass is 79.9. The minimum atomic E-state index is -0.154. The summed E-state index contributed by atoms with van der Waals surface area (Å²) in [5.74, 6) is -0.277. The Balaban J connectivity index is 1.85. The molecule has 120 valence electrons. The highest BCUT2D eigenvalue weighted by Gasteiger charge is 2.05. The molecule has 0 aliphatic carbocycles. The zero-order valence-corrected chi connectivity index (χ0v) is 14.3. The van der Waals surface area contributed by atoms with E-state index in [0.29, 0.717) is 17.8 Å². The van der Waals surface area contributed by atoms with Gasteiger partial charge in [-0.05, 0) is 55.5 Å². The first-order chi connectivity index (χ1) is 11.1. The first-order valence-electron chi connectivity index (χ1n) is 7.26. The van der Waals surface area contributed by atoms with Gasteiger partial charge in [0.15, 0.2) is 0 Å². The third kappa shape index (κ3) is 5.41. The van der Waals surface area contributed by atoms with E-state index in [4.69, 9.17) is 0 Å². The Labute approximate surface area is 143 Å². The molecule has 2 aromatic rings. The molecule has 0 atom stereocenters. The molecule has 23 heavy (non-hydrogen) atoms. The Hall–Kier alpha value is -2.34. The summed E-state index contributed by atoms with van der Waals surface area (Å²) in [7, 11) is 0. The van der Waals surface area contributed by atoms with Crippen molar-refractivity contribution in [2.24, 2.45) is 0 Å². The summed E-state index contributed by atoms with van der Waals surface area (Å²) >= 11 is 3.36. The normalized spacial score (nSPS) is 10.0. The maximum absolute atomic E-state index is 11.9. The van der Waals surface area contributed by atoms with Crippen molar-refractivity contribution in [1.29, 1.82) is 0 Å². The van der Waals surface area contributed by atoms with Crippen LogP contribution in [-0.2, 0) is 4.79 Å². The fraction of sp³-hybridized carbons (Fsp3) is 0.176. The summed E-state index contributed by atoms with van der Waals surface area (Å²) in [4.78, 5) is 23.6. The average Bonchev–Trinajstić information content (AvgIpc) is 2.55. The quantitative estimate of drug-likeness (QED) is 0.725. The van der Waals surface area contributed by atoms with E-state index in [-0.39, 0.29) is 18.4 Å². The fourth-order valence-corrected chi connectivity index (χ4v) is 2.19. The molecule has 0 aliphatic heterocycles. The average molecular weight is 376 g/mol. The molecule has 0 spiro atoms. The zero-order chi connectivity index (χ0) is 16.7. The predicted octanol–water partition coefficient (Wildman–Crippen LogP) is 3.25. The van der Waals surface area contributed by atoms with Gasteiger partial charge in [0.2, 0.25) is 5.91 Å². The number of benzene rings is 2. The largest absolute Gasteiger partial charge is 0.376 e. The van der Waals surface area contributed by atoms with Crippen LogP contribution in [0.25, 0.3) is 0 Å². The molecule has 0 fully saturated rings. The first kappa shape index (κ1) is 17.0. The van der Waals surface area contributed by atoms with Crippen LogP contribution in [0.4, 0.5) is 11.4 Å². The number of anilines is 2. The second kappa shape index (κ2) is 8.33. The molecule has 3 N–H and O–H groups in total. The Bertz CT molecular complexity index is 669. The molecule has 2 aromatic carbocycles. The van der Waals surface area contributed by atoms with E-state index < -0.39 is 0 Å². The maximum atomic E-state index is 11.9. The van der Waals surface area contributed by atoms with Gasteiger partial charge in [-0.25, -0.2) is 0 Å². The molecule has 5 nitrogen and oxygen atoms in total. The minimum absolute atomic E-state index is 0.123. The number of hydrogen-bond acceptors (Lipinski definition) is 3. The number of amides is 2. The van der Waals surface area contributed by atoms with Crippen LogP contribution in [0.1, 0.15) is 17.3 Å². The molecule has 0 radical (unpaired) electrons. The van der Waals surface area contributed by atoms with Crippen LogP contribution in [0.15, 0.2) is 53.0 Å². The predicted molar refractivity (Wildman–Crippen MR) is 95.7 cm³/mol. The molecule has 6 heteroatoms. The van der Waals surface area contributed by atoms with Crippen LogP contribution < -0.4 is 16.0 Å². The number of rotatable bonds is 6. The zero-order valence-electron chi connectivity index (χ0n) is 12.7. The monoisotopic (exact) mass is 375 g/mol. The van der Waals surface area contributed by atoms with E-state index in [1.807, 2.05) is 31.2 Å². The molecule has 0 bridgehead atoms. The molecule has 0 aliphatic rings. The molecule has 0 saturated heterocycles. The SMILES string of the molecule is CCNC(=O)c1ccc(NC(=O)CNc2ccc(Br)cc2)cc1. The highest BCUT2D eigenvalue weighted by Crippen LogP contribution is 2.14. The number of carbonyl (C=O) groups excluding carboxylic acids is 2. The van der Waals surface area contributed by atoms with E-state index >= 15 is 0 Å². The van der Waals surface area contributed by atoms with Gasteiger partial charge in [-0.3, -0.25) is 9.59 Å². The summed E-state index contributed by atoms with van der Waals surface area (Å²) in [6, 6.07) is 14.4. The molecule has 2 amide bonds. The van der Waals surface area contributed by atoms with Crippen molar-refractivity contribution >= 4 is 39.1 Å². The van der Waals surface area contributed by atoms with Gasteiger partial charge in [0.05, 0.1) is 6.54 Å². The molecule has 0 heterocycles. The van der Waals surface area contributed by atoms with Gasteiger partial charge in [0.25, 0.3) is 5.91 Å². The van der Waals surface area contributed by atoms with Gasteiger partial charge in [0.1, 0.15) is 0 Å². The summed E-state index contributed by atoms with van der Waals surface area (Å²) in [5, 5.41) is 8.55. The first-order valence-corrected chi connectivity index (χ1v) is 8.05. The molecule has 0 aromatic heterocycles. The second-order valence-electron chi connectivity index (χ2n) is 4.85. The molecular formula is C17H18BrN3O2. The van der Waals surface area contributed by atoms with Gasteiger partial charge >= 0.3 is 0 Å². The van der Waals surface area contributed by atoms with Crippen molar-refractivity contribution in [3.63, 3.8) is 0 Å². The van der Waals surface area contributed by atoms with E-state index in [1.165, 1.54) is 0 Å². The summed E-state index contributed by atoms with van der Waals surface area (Å²) in [6.07, 6.45) is 0. The van der Waals surface area contributed by atoms with Crippen LogP contribution in [0.5, 0.6) is 0 Å². The van der Waals surface area contributed by atoms with E-state index in [2.05, 4.69) is 31.9 Å². The second-order valence-corrected chi connectivity index (χ2v) is 5.76. The third-order valence-corrected chi connectivity index (χ3v) is 3.59. The topological polar surface area (TPSA) is 70.2 Å². The van der Waals surface area contributed by atoms with Gasteiger partial charge in [-0.15, -0.1) is 0 Å². The number of carbonyl (C=O) groups is 2. The Morgan fingerprint density at radius 1 is 0.957 bits per heavy atom. The molecule has 2 rings (SSSR count). The molecule has 0 saturated carbocycles. The van der Waals surface area contributed by atoms with Crippen molar-refractivity contribution in [3.8, 4) is 0 Å². The van der Waals surface area contributed by atoms with Crippen LogP contribution in [-0.4, -0.2) is 24.9 Å². The van der Waals surface area contributed by atoms with Crippen molar-refractivity contribution in [1.82, 2.24) is 5.32 Å². The van der Waals surface area contributed by atoms with E-state index in [0.717, 1.165) is 10.2 Å². The Morgan fingerprint density at radius 3 is 2.17 bits per heavy atom.